The summed E-state index contributed by atoms with van der Waals surface area (Å²) in [5.74, 6) is -1.60. The van der Waals surface area contributed by atoms with E-state index in [1.165, 1.54) is 0 Å². The minimum atomic E-state index is -1.15. The van der Waals surface area contributed by atoms with Crippen molar-refractivity contribution in [3.8, 4) is 11.1 Å². The molecule has 2 heterocycles. The van der Waals surface area contributed by atoms with E-state index < -0.39 is 24.5 Å². The Morgan fingerprint density at radius 1 is 1.00 bits per heavy atom. The van der Waals surface area contributed by atoms with Gasteiger partial charge in [0.2, 0.25) is 5.91 Å². The molecule has 172 valence electrons. The van der Waals surface area contributed by atoms with Gasteiger partial charge < -0.3 is 20.1 Å². The number of fused-ring (bicyclic) bond motifs is 5. The Morgan fingerprint density at radius 3 is 2.33 bits per heavy atom. The van der Waals surface area contributed by atoms with Crippen molar-refractivity contribution < 1.29 is 24.2 Å². The van der Waals surface area contributed by atoms with Gasteiger partial charge in [0, 0.05) is 38.1 Å². The van der Waals surface area contributed by atoms with Crippen LogP contribution in [0.25, 0.3) is 11.1 Å². The second-order valence-corrected chi connectivity index (χ2v) is 8.90. The number of benzene rings is 2. The second-order valence-electron chi connectivity index (χ2n) is 8.90. The van der Waals surface area contributed by atoms with Crippen LogP contribution in [-0.4, -0.2) is 77.7 Å². The third-order valence-electron chi connectivity index (χ3n) is 6.94. The molecular weight excluding hydrogens is 422 g/mol. The number of nitrogens with one attached hydrogen (secondary N) is 1. The van der Waals surface area contributed by atoms with Crippen LogP contribution in [0.4, 0.5) is 4.79 Å². The summed E-state index contributed by atoms with van der Waals surface area (Å²) < 4.78 is 5.53. The lowest BCUT2D eigenvalue weighted by Gasteiger charge is -2.36. The van der Waals surface area contributed by atoms with Gasteiger partial charge in [0.05, 0.1) is 6.42 Å². The van der Waals surface area contributed by atoms with Crippen LogP contribution in [-0.2, 0) is 14.3 Å². The van der Waals surface area contributed by atoms with E-state index in [4.69, 9.17) is 4.74 Å². The normalized spacial score (nSPS) is 21.8. The summed E-state index contributed by atoms with van der Waals surface area (Å²) in [5, 5.41) is 11.9. The van der Waals surface area contributed by atoms with Crippen molar-refractivity contribution in [1.29, 1.82) is 0 Å². The van der Waals surface area contributed by atoms with E-state index in [0.29, 0.717) is 6.54 Å². The summed E-state index contributed by atoms with van der Waals surface area (Å²) in [6.07, 6.45) is -0.381. The maximum atomic E-state index is 13.1. The highest BCUT2D eigenvalue weighted by Crippen LogP contribution is 2.44. The average molecular weight is 450 g/mol. The zero-order valence-electron chi connectivity index (χ0n) is 18.3. The smallest absolute Gasteiger partial charge is 0.407 e. The molecule has 3 aliphatic rings. The maximum absolute atomic E-state index is 13.1. The van der Waals surface area contributed by atoms with Gasteiger partial charge in [-0.2, -0.15) is 0 Å². The largest absolute Gasteiger partial charge is 0.481 e. The summed E-state index contributed by atoms with van der Waals surface area (Å²) in [4.78, 5) is 41.2. The molecule has 0 aromatic heterocycles. The summed E-state index contributed by atoms with van der Waals surface area (Å²) in [7, 11) is 0. The zero-order chi connectivity index (χ0) is 22.9. The van der Waals surface area contributed by atoms with Crippen LogP contribution in [0, 0.1) is 0 Å². The van der Waals surface area contributed by atoms with Crippen molar-refractivity contribution in [3.63, 3.8) is 0 Å². The Balaban J connectivity index is 1.26. The molecule has 2 bridgehead atoms. The van der Waals surface area contributed by atoms with Crippen LogP contribution in [0.2, 0.25) is 0 Å². The summed E-state index contributed by atoms with van der Waals surface area (Å²) in [5.41, 5.74) is 4.42. The predicted octanol–water partition coefficient (Wildman–Crippen LogP) is 2.28. The topological polar surface area (TPSA) is 99.2 Å². The fourth-order valence-electron chi connectivity index (χ4n) is 5.35. The number of carboxylic acid groups (broad SMARTS) is 1. The SMILES string of the molecule is O=C(O)CC(NC(=O)OCC1c2ccccc2-c2ccccc21)C(=O)N1CCN2CCC1C2. The van der Waals surface area contributed by atoms with Crippen molar-refractivity contribution >= 4 is 18.0 Å². The van der Waals surface area contributed by atoms with Crippen molar-refractivity contribution in [2.24, 2.45) is 0 Å². The molecule has 5 rings (SSSR count). The number of aliphatic carboxylic acids is 1. The van der Waals surface area contributed by atoms with Gasteiger partial charge in [-0.25, -0.2) is 4.79 Å². The first-order chi connectivity index (χ1) is 16.0. The number of ether oxygens (including phenoxy) is 1. The minimum absolute atomic E-state index is 0.0758. The molecule has 2 N–H and O–H groups in total. The highest BCUT2D eigenvalue weighted by Gasteiger charge is 2.39. The van der Waals surface area contributed by atoms with Crippen LogP contribution in [0.5, 0.6) is 0 Å². The number of hydrogen-bond donors (Lipinski definition) is 2. The summed E-state index contributed by atoms with van der Waals surface area (Å²) in [6.45, 7) is 3.17. The van der Waals surface area contributed by atoms with Gasteiger partial charge in [-0.15, -0.1) is 0 Å². The molecule has 8 nitrogen and oxygen atoms in total. The van der Waals surface area contributed by atoms with E-state index in [2.05, 4.69) is 22.3 Å². The molecule has 0 saturated carbocycles. The van der Waals surface area contributed by atoms with Gasteiger partial charge in [-0.3, -0.25) is 14.5 Å². The standard InChI is InChI=1S/C25H27N3O5/c29-23(30)13-22(24(31)28-12-11-27-10-9-16(28)14-27)26-25(32)33-15-21-19-7-3-1-5-17(19)18-6-2-4-8-20(18)21/h1-8,16,21-22H,9-15H2,(H,26,32)(H,29,30). The van der Waals surface area contributed by atoms with E-state index in [-0.39, 0.29) is 24.5 Å². The number of hydrogen-bond acceptors (Lipinski definition) is 5. The monoisotopic (exact) mass is 449 g/mol. The number of nitrogens with zero attached hydrogens (tertiary/aromatic N) is 2. The van der Waals surface area contributed by atoms with Gasteiger partial charge in [-0.05, 0) is 28.7 Å². The lowest BCUT2D eigenvalue weighted by Crippen LogP contribution is -2.56. The molecule has 2 fully saturated rings. The fourth-order valence-corrected chi connectivity index (χ4v) is 5.35. The van der Waals surface area contributed by atoms with E-state index in [1.807, 2.05) is 36.4 Å². The predicted molar refractivity (Wildman–Crippen MR) is 121 cm³/mol. The van der Waals surface area contributed by atoms with Crippen molar-refractivity contribution in [1.82, 2.24) is 15.1 Å². The van der Waals surface area contributed by atoms with Gasteiger partial charge in [0.25, 0.3) is 0 Å². The Bertz CT molecular complexity index is 1040. The van der Waals surface area contributed by atoms with Crippen LogP contribution in [0.15, 0.2) is 48.5 Å². The number of carbonyl (C=O) groups excluding carboxylic acids is 2. The molecule has 1 aliphatic carbocycles. The second kappa shape index (κ2) is 8.86. The molecule has 2 saturated heterocycles. The highest BCUT2D eigenvalue weighted by molar-refractivity contribution is 5.89. The van der Waals surface area contributed by atoms with Gasteiger partial charge >= 0.3 is 12.1 Å². The van der Waals surface area contributed by atoms with Crippen molar-refractivity contribution in [2.75, 3.05) is 32.8 Å². The summed E-state index contributed by atoms with van der Waals surface area (Å²) in [6, 6.07) is 15.0. The van der Waals surface area contributed by atoms with Crippen LogP contribution >= 0.6 is 0 Å². The molecule has 2 aromatic rings. The van der Waals surface area contributed by atoms with E-state index in [0.717, 1.165) is 48.3 Å². The molecule has 3 atom stereocenters. The first kappa shape index (κ1) is 21.5. The molecule has 3 unspecified atom stereocenters. The Morgan fingerprint density at radius 2 is 1.67 bits per heavy atom. The Labute approximate surface area is 192 Å². The molecular formula is C25H27N3O5. The van der Waals surface area contributed by atoms with E-state index in [9.17, 15) is 19.5 Å². The van der Waals surface area contributed by atoms with Gasteiger partial charge in [0.15, 0.2) is 0 Å². The quantitative estimate of drug-likeness (QED) is 0.702. The number of rotatable bonds is 6. The number of alkyl carbamates (subject to hydrolysis) is 1. The molecule has 2 aromatic carbocycles. The van der Waals surface area contributed by atoms with Gasteiger partial charge in [0.1, 0.15) is 12.6 Å². The molecule has 0 radical (unpaired) electrons. The molecule has 2 amide bonds. The highest BCUT2D eigenvalue weighted by atomic mass is 16.5. The van der Waals surface area contributed by atoms with E-state index >= 15 is 0 Å². The van der Waals surface area contributed by atoms with E-state index in [1.54, 1.807) is 4.90 Å². The number of carboxylic acids is 1. The average Bonchev–Trinajstić information content (AvgIpc) is 3.34. The molecule has 0 spiro atoms. The number of carbonyl (C=O) groups is 3. The lowest BCUT2D eigenvalue weighted by atomic mass is 9.98. The van der Waals surface area contributed by atoms with Crippen LogP contribution < -0.4 is 5.32 Å². The first-order valence-electron chi connectivity index (χ1n) is 11.4. The Kier molecular flexibility index (Phi) is 5.76. The number of amides is 2. The molecule has 8 heteroatoms. The fraction of sp³-hybridized carbons (Fsp3) is 0.400. The third-order valence-corrected chi connectivity index (χ3v) is 6.94. The van der Waals surface area contributed by atoms with Crippen LogP contribution in [0.3, 0.4) is 0 Å². The van der Waals surface area contributed by atoms with Gasteiger partial charge in [-0.1, -0.05) is 48.5 Å². The van der Waals surface area contributed by atoms with Crippen molar-refractivity contribution in [2.45, 2.75) is 30.8 Å². The first-order valence-corrected chi connectivity index (χ1v) is 11.4. The van der Waals surface area contributed by atoms with Crippen LogP contribution in [0.1, 0.15) is 29.9 Å². The maximum Gasteiger partial charge on any atom is 0.407 e. The molecule has 2 aliphatic heterocycles. The molecule has 33 heavy (non-hydrogen) atoms. The minimum Gasteiger partial charge on any atom is -0.481 e. The Hall–Kier alpha value is -3.39. The lowest BCUT2D eigenvalue weighted by molar-refractivity contribution is -0.144. The zero-order valence-corrected chi connectivity index (χ0v) is 18.3. The summed E-state index contributed by atoms with van der Waals surface area (Å²) >= 11 is 0. The third kappa shape index (κ3) is 4.18. The van der Waals surface area contributed by atoms with Crippen molar-refractivity contribution in [3.05, 3.63) is 59.7 Å². The number of piperazine rings is 1.